The second-order valence-corrected chi connectivity index (χ2v) is 9.71. The molecule has 3 aliphatic rings. The van der Waals surface area contributed by atoms with Gasteiger partial charge in [0.15, 0.2) is 0 Å². The first kappa shape index (κ1) is 19.8. The topological polar surface area (TPSA) is 65.4 Å². The van der Waals surface area contributed by atoms with E-state index in [1.807, 2.05) is 10.9 Å². The number of alkyl halides is 2. The van der Waals surface area contributed by atoms with Gasteiger partial charge in [-0.3, -0.25) is 4.68 Å². The van der Waals surface area contributed by atoms with Crippen LogP contribution in [0.15, 0.2) is 30.7 Å². The van der Waals surface area contributed by atoms with E-state index in [1.165, 1.54) is 6.07 Å². The summed E-state index contributed by atoms with van der Waals surface area (Å²) in [6, 6.07) is 3.46. The number of nitrogens with one attached hydrogen (secondary N) is 1. The predicted octanol–water partition coefficient (Wildman–Crippen LogP) is 2.75. The van der Waals surface area contributed by atoms with Gasteiger partial charge in [0.1, 0.15) is 0 Å². The van der Waals surface area contributed by atoms with Crippen molar-refractivity contribution in [2.75, 3.05) is 63.6 Å². The van der Waals surface area contributed by atoms with Crippen LogP contribution in [0.3, 0.4) is 0 Å². The fraction of sp³-hybridized carbons (Fsp3) is 0.500. The van der Waals surface area contributed by atoms with E-state index in [4.69, 9.17) is 4.98 Å². The highest BCUT2D eigenvalue weighted by Gasteiger charge is 2.50. The van der Waals surface area contributed by atoms with E-state index in [1.54, 1.807) is 18.5 Å². The molecule has 168 valence electrons. The van der Waals surface area contributed by atoms with Crippen molar-refractivity contribution in [1.29, 1.82) is 0 Å². The van der Waals surface area contributed by atoms with Gasteiger partial charge in [0, 0.05) is 68.0 Å². The summed E-state index contributed by atoms with van der Waals surface area (Å²) in [5.74, 6) is 0.437. The van der Waals surface area contributed by atoms with Crippen LogP contribution in [0, 0.1) is 5.41 Å². The standard InChI is InChI=1S/C22H26F2N8/c1-29-8-17(9-29)32-7-16(6-26-32)27-21-25-5-15-3-14(20(23)24)4-18(19(15)28-21)31-12-22(13-31)10-30(2)11-22/h3-7,17,20H,8-13H2,1-2H3,(H,25,27,28). The third-order valence-electron chi connectivity index (χ3n) is 6.82. The third kappa shape index (κ3) is 3.29. The van der Waals surface area contributed by atoms with Crippen molar-refractivity contribution in [2.24, 2.45) is 5.41 Å². The molecule has 0 bridgehead atoms. The molecule has 1 N–H and O–H groups in total. The maximum Gasteiger partial charge on any atom is 0.263 e. The summed E-state index contributed by atoms with van der Waals surface area (Å²) in [4.78, 5) is 15.8. The quantitative estimate of drug-likeness (QED) is 0.655. The number of halogens is 2. The molecule has 1 spiro atoms. The van der Waals surface area contributed by atoms with Crippen molar-refractivity contribution in [2.45, 2.75) is 12.5 Å². The van der Waals surface area contributed by atoms with E-state index < -0.39 is 6.43 Å². The van der Waals surface area contributed by atoms with Crippen LogP contribution in [-0.4, -0.2) is 82.9 Å². The molecule has 0 atom stereocenters. The van der Waals surface area contributed by atoms with Crippen molar-refractivity contribution in [1.82, 2.24) is 29.5 Å². The molecular formula is C22H26F2N8. The van der Waals surface area contributed by atoms with Crippen LogP contribution in [0.2, 0.25) is 0 Å². The molecule has 32 heavy (non-hydrogen) atoms. The lowest BCUT2D eigenvalue weighted by molar-refractivity contribution is -0.00228. The van der Waals surface area contributed by atoms with Crippen molar-refractivity contribution in [3.63, 3.8) is 0 Å². The number of hydrogen-bond acceptors (Lipinski definition) is 7. The van der Waals surface area contributed by atoms with E-state index in [-0.39, 0.29) is 5.56 Å². The Labute approximate surface area is 184 Å². The molecule has 0 saturated carbocycles. The lowest BCUT2D eigenvalue weighted by Gasteiger charge is -2.60. The van der Waals surface area contributed by atoms with E-state index in [0.717, 1.165) is 50.6 Å². The first-order valence-corrected chi connectivity index (χ1v) is 10.9. The van der Waals surface area contributed by atoms with Gasteiger partial charge in [-0.25, -0.2) is 18.7 Å². The fourth-order valence-electron chi connectivity index (χ4n) is 5.37. The van der Waals surface area contributed by atoms with Gasteiger partial charge in [-0.15, -0.1) is 0 Å². The number of likely N-dealkylation sites (tertiary alicyclic amines) is 2. The second-order valence-electron chi connectivity index (χ2n) is 9.71. The predicted molar refractivity (Wildman–Crippen MR) is 119 cm³/mol. The zero-order chi connectivity index (χ0) is 22.0. The number of rotatable bonds is 5. The molecule has 3 saturated heterocycles. The Bertz CT molecular complexity index is 1160. The molecule has 3 fully saturated rings. The van der Waals surface area contributed by atoms with Gasteiger partial charge < -0.3 is 20.0 Å². The van der Waals surface area contributed by atoms with Crippen molar-refractivity contribution in [3.05, 3.63) is 36.3 Å². The lowest BCUT2D eigenvalue weighted by atomic mass is 9.73. The van der Waals surface area contributed by atoms with Crippen LogP contribution in [0.4, 0.5) is 26.1 Å². The summed E-state index contributed by atoms with van der Waals surface area (Å²) in [6.45, 7) is 5.81. The van der Waals surface area contributed by atoms with Crippen LogP contribution < -0.4 is 10.2 Å². The number of fused-ring (bicyclic) bond motifs is 1. The molecule has 2 aromatic heterocycles. The molecular weight excluding hydrogens is 414 g/mol. The number of aromatic nitrogens is 4. The van der Waals surface area contributed by atoms with Gasteiger partial charge in [-0.2, -0.15) is 5.10 Å². The number of likely N-dealkylation sites (N-methyl/N-ethyl adjacent to an activating group) is 1. The monoisotopic (exact) mass is 440 g/mol. The molecule has 1 aromatic carbocycles. The van der Waals surface area contributed by atoms with Crippen molar-refractivity contribution >= 4 is 28.2 Å². The lowest BCUT2D eigenvalue weighted by Crippen LogP contribution is -2.71. The molecule has 0 radical (unpaired) electrons. The smallest absolute Gasteiger partial charge is 0.263 e. The molecule has 10 heteroatoms. The van der Waals surface area contributed by atoms with Crippen LogP contribution in [0.5, 0.6) is 0 Å². The van der Waals surface area contributed by atoms with E-state index >= 15 is 0 Å². The minimum absolute atomic E-state index is 0.00947. The second kappa shape index (κ2) is 7.08. The maximum atomic E-state index is 13.5. The Hall–Kier alpha value is -2.85. The van der Waals surface area contributed by atoms with Gasteiger partial charge >= 0.3 is 0 Å². The van der Waals surface area contributed by atoms with Gasteiger partial charge in [0.25, 0.3) is 6.43 Å². The van der Waals surface area contributed by atoms with Gasteiger partial charge in [-0.1, -0.05) is 0 Å². The normalized spacial score (nSPS) is 21.1. The summed E-state index contributed by atoms with van der Waals surface area (Å²) in [5, 5.41) is 8.29. The Morgan fingerprint density at radius 2 is 1.84 bits per heavy atom. The summed E-state index contributed by atoms with van der Waals surface area (Å²) in [6.07, 6.45) is 2.81. The molecule has 3 aliphatic heterocycles. The number of anilines is 3. The number of nitrogens with zero attached hydrogens (tertiary/aromatic N) is 7. The summed E-state index contributed by atoms with van der Waals surface area (Å²) in [5.41, 5.74) is 2.57. The maximum absolute atomic E-state index is 13.5. The highest BCUT2D eigenvalue weighted by atomic mass is 19.3. The van der Waals surface area contributed by atoms with Crippen LogP contribution in [0.25, 0.3) is 10.9 Å². The molecule has 0 unspecified atom stereocenters. The average Bonchev–Trinajstić information content (AvgIpc) is 3.14. The van der Waals surface area contributed by atoms with Gasteiger partial charge in [-0.05, 0) is 26.2 Å². The highest BCUT2D eigenvalue weighted by molar-refractivity contribution is 5.92. The summed E-state index contributed by atoms with van der Waals surface area (Å²) in [7, 11) is 4.19. The first-order valence-electron chi connectivity index (χ1n) is 10.9. The van der Waals surface area contributed by atoms with Gasteiger partial charge in [0.05, 0.1) is 29.1 Å². The van der Waals surface area contributed by atoms with Crippen molar-refractivity contribution in [3.8, 4) is 0 Å². The molecule has 6 rings (SSSR count). The molecule has 8 nitrogen and oxygen atoms in total. The molecule has 5 heterocycles. The zero-order valence-electron chi connectivity index (χ0n) is 18.2. The molecule has 0 aliphatic carbocycles. The minimum atomic E-state index is -2.53. The molecule has 0 amide bonds. The highest BCUT2D eigenvalue weighted by Crippen LogP contribution is 2.43. The van der Waals surface area contributed by atoms with E-state index in [2.05, 4.69) is 44.2 Å². The molecule has 3 aromatic rings. The van der Waals surface area contributed by atoms with E-state index in [9.17, 15) is 8.78 Å². The van der Waals surface area contributed by atoms with E-state index in [0.29, 0.717) is 28.3 Å². The van der Waals surface area contributed by atoms with Crippen molar-refractivity contribution < 1.29 is 8.78 Å². The van der Waals surface area contributed by atoms with Gasteiger partial charge in [0.2, 0.25) is 5.95 Å². The van der Waals surface area contributed by atoms with Crippen LogP contribution in [-0.2, 0) is 0 Å². The Balaban J connectivity index is 1.28. The minimum Gasteiger partial charge on any atom is -0.368 e. The first-order chi connectivity index (χ1) is 15.4. The fourth-order valence-corrected chi connectivity index (χ4v) is 5.37. The number of hydrogen-bond donors (Lipinski definition) is 1. The Morgan fingerprint density at radius 1 is 1.06 bits per heavy atom. The van der Waals surface area contributed by atoms with Crippen LogP contribution in [0.1, 0.15) is 18.0 Å². The Kier molecular flexibility index (Phi) is 4.38. The largest absolute Gasteiger partial charge is 0.368 e. The average molecular weight is 441 g/mol. The SMILES string of the molecule is CN1CC(n2cc(Nc3ncc4cc(C(F)F)cc(N5CC6(CN(C)C6)C5)c4n3)cn2)C1. The summed E-state index contributed by atoms with van der Waals surface area (Å²) < 4.78 is 29.0. The van der Waals surface area contributed by atoms with Crippen LogP contribution >= 0.6 is 0 Å². The Morgan fingerprint density at radius 3 is 2.53 bits per heavy atom. The summed E-state index contributed by atoms with van der Waals surface area (Å²) >= 11 is 0. The number of benzene rings is 1. The third-order valence-corrected chi connectivity index (χ3v) is 6.82. The zero-order valence-corrected chi connectivity index (χ0v) is 18.2.